The van der Waals surface area contributed by atoms with Gasteiger partial charge in [0.1, 0.15) is 11.6 Å². The molecule has 2 aromatic rings. The highest BCUT2D eigenvalue weighted by Crippen LogP contribution is 2.37. The number of rotatable bonds is 3. The number of carbonyl (C=O) groups excluding carboxylic acids is 1. The first kappa shape index (κ1) is 17.7. The molecular formula is C19H18FN3O3. The van der Waals surface area contributed by atoms with E-state index in [1.807, 2.05) is 0 Å². The van der Waals surface area contributed by atoms with E-state index in [4.69, 9.17) is 10.5 Å². The van der Waals surface area contributed by atoms with Gasteiger partial charge in [0.2, 0.25) is 0 Å². The summed E-state index contributed by atoms with van der Waals surface area (Å²) < 4.78 is 19.6. The van der Waals surface area contributed by atoms with Gasteiger partial charge < -0.3 is 25.9 Å². The van der Waals surface area contributed by atoms with Gasteiger partial charge in [-0.1, -0.05) is 11.8 Å². The summed E-state index contributed by atoms with van der Waals surface area (Å²) in [7, 11) is 1.52. The number of hydrogen-bond acceptors (Lipinski definition) is 4. The standard InChI is InChI=1S/C19H18FN3O3/c1-10(24)14(21)5-3-11-13(20)4-6-15-18(11)12(19(25)23-15)9-16-17(26-2)7-8-22-16/h4,6-10,14,22,24H,21H2,1-2H3,(H,23,25)/t10-,14-/m1/s1. The Morgan fingerprint density at radius 3 is 2.85 bits per heavy atom. The van der Waals surface area contributed by atoms with Crippen molar-refractivity contribution in [3.63, 3.8) is 0 Å². The predicted molar refractivity (Wildman–Crippen MR) is 96.8 cm³/mol. The maximum Gasteiger partial charge on any atom is 0.256 e. The molecule has 0 radical (unpaired) electrons. The molecule has 0 spiro atoms. The van der Waals surface area contributed by atoms with Crippen molar-refractivity contribution in [3.8, 4) is 17.6 Å². The number of ether oxygens (including phenoxy) is 1. The average Bonchev–Trinajstić information content (AvgIpc) is 3.18. The quantitative estimate of drug-likeness (QED) is 0.497. The largest absolute Gasteiger partial charge is 0.495 e. The molecule has 0 fully saturated rings. The molecule has 3 rings (SSSR count). The van der Waals surface area contributed by atoms with Gasteiger partial charge in [-0.3, -0.25) is 4.79 Å². The van der Waals surface area contributed by atoms with Gasteiger partial charge in [-0.05, 0) is 31.2 Å². The Bertz CT molecular complexity index is 951. The third-order valence-corrected chi connectivity index (χ3v) is 4.05. The fourth-order valence-corrected chi connectivity index (χ4v) is 2.60. The van der Waals surface area contributed by atoms with E-state index in [1.165, 1.54) is 26.2 Å². The van der Waals surface area contributed by atoms with Gasteiger partial charge >= 0.3 is 0 Å². The van der Waals surface area contributed by atoms with E-state index in [1.54, 1.807) is 18.3 Å². The maximum absolute atomic E-state index is 14.4. The molecule has 7 heteroatoms. The number of halogens is 1. The second-order valence-corrected chi connectivity index (χ2v) is 5.85. The first-order chi connectivity index (χ1) is 12.4. The second kappa shape index (κ2) is 7.04. The highest BCUT2D eigenvalue weighted by Gasteiger charge is 2.29. The van der Waals surface area contributed by atoms with Crippen molar-refractivity contribution in [2.24, 2.45) is 5.73 Å². The first-order valence-corrected chi connectivity index (χ1v) is 7.95. The van der Waals surface area contributed by atoms with Crippen LogP contribution in [0.4, 0.5) is 10.1 Å². The van der Waals surface area contributed by atoms with E-state index in [-0.39, 0.29) is 17.0 Å². The van der Waals surface area contributed by atoms with Gasteiger partial charge in [0.15, 0.2) is 0 Å². The number of anilines is 1. The average molecular weight is 355 g/mol. The summed E-state index contributed by atoms with van der Waals surface area (Å²) in [6, 6.07) is 3.60. The second-order valence-electron chi connectivity index (χ2n) is 5.85. The molecule has 0 saturated carbocycles. The van der Waals surface area contributed by atoms with Gasteiger partial charge in [0.25, 0.3) is 5.91 Å². The number of fused-ring (bicyclic) bond motifs is 1. The van der Waals surface area contributed by atoms with Gasteiger partial charge in [0.05, 0.1) is 41.8 Å². The van der Waals surface area contributed by atoms with Crippen LogP contribution in [0.3, 0.4) is 0 Å². The lowest BCUT2D eigenvalue weighted by molar-refractivity contribution is -0.110. The van der Waals surface area contributed by atoms with Crippen molar-refractivity contribution in [1.29, 1.82) is 0 Å². The summed E-state index contributed by atoms with van der Waals surface area (Å²) in [5, 5.41) is 12.2. The Kier molecular flexibility index (Phi) is 4.80. The van der Waals surface area contributed by atoms with Gasteiger partial charge in [-0.25, -0.2) is 4.39 Å². The van der Waals surface area contributed by atoms with Crippen molar-refractivity contribution in [3.05, 3.63) is 47.0 Å². The number of aliphatic hydroxyl groups excluding tert-OH is 1. The van der Waals surface area contributed by atoms with Crippen LogP contribution in [0, 0.1) is 17.7 Å². The molecule has 1 aromatic carbocycles. The number of methoxy groups -OCH3 is 1. The molecule has 1 amide bonds. The number of carbonyl (C=O) groups is 1. The molecule has 1 aliphatic rings. The number of nitrogens with one attached hydrogen (secondary N) is 2. The van der Waals surface area contributed by atoms with Crippen LogP contribution in [0.15, 0.2) is 24.4 Å². The van der Waals surface area contributed by atoms with Crippen LogP contribution in [-0.2, 0) is 4.79 Å². The highest BCUT2D eigenvalue weighted by atomic mass is 19.1. The molecule has 2 heterocycles. The molecule has 5 N–H and O–H groups in total. The minimum absolute atomic E-state index is 0.0497. The predicted octanol–water partition coefficient (Wildman–Crippen LogP) is 1.71. The molecule has 2 atom stereocenters. The zero-order valence-electron chi connectivity index (χ0n) is 14.3. The van der Waals surface area contributed by atoms with Gasteiger partial charge in [-0.2, -0.15) is 0 Å². The summed E-state index contributed by atoms with van der Waals surface area (Å²) >= 11 is 0. The molecule has 0 bridgehead atoms. The number of H-pyrrole nitrogens is 1. The molecular weight excluding hydrogens is 337 g/mol. The monoisotopic (exact) mass is 355 g/mol. The van der Waals surface area contributed by atoms with E-state index >= 15 is 0 Å². The van der Waals surface area contributed by atoms with Crippen LogP contribution >= 0.6 is 0 Å². The summed E-state index contributed by atoms with van der Waals surface area (Å²) in [5.41, 5.74) is 7.41. The maximum atomic E-state index is 14.4. The number of hydrogen-bond donors (Lipinski definition) is 4. The van der Waals surface area contributed by atoms with Crippen LogP contribution in [0.5, 0.6) is 5.75 Å². The Balaban J connectivity index is 2.14. The van der Waals surface area contributed by atoms with Crippen LogP contribution in [0.25, 0.3) is 11.6 Å². The van der Waals surface area contributed by atoms with Crippen molar-refractivity contribution in [1.82, 2.24) is 4.98 Å². The summed E-state index contributed by atoms with van der Waals surface area (Å²) in [5.74, 6) is 4.90. The zero-order valence-corrected chi connectivity index (χ0v) is 14.3. The lowest BCUT2D eigenvalue weighted by Gasteiger charge is -2.07. The number of aliphatic hydroxyl groups is 1. The molecule has 0 unspecified atom stereocenters. The van der Waals surface area contributed by atoms with Crippen molar-refractivity contribution in [2.75, 3.05) is 12.4 Å². The van der Waals surface area contributed by atoms with Crippen LogP contribution in [0.2, 0.25) is 0 Å². The van der Waals surface area contributed by atoms with E-state index in [0.29, 0.717) is 22.7 Å². The fraction of sp³-hybridized carbons (Fsp3) is 0.211. The Hall–Kier alpha value is -3.08. The first-order valence-electron chi connectivity index (χ1n) is 7.95. The van der Waals surface area contributed by atoms with E-state index < -0.39 is 18.0 Å². The minimum atomic E-state index is -0.861. The highest BCUT2D eigenvalue weighted by molar-refractivity contribution is 6.35. The molecule has 1 aromatic heterocycles. The van der Waals surface area contributed by atoms with Crippen LogP contribution < -0.4 is 15.8 Å². The van der Waals surface area contributed by atoms with Crippen molar-refractivity contribution in [2.45, 2.75) is 19.1 Å². The summed E-state index contributed by atoms with van der Waals surface area (Å²) in [6.45, 7) is 1.50. The van der Waals surface area contributed by atoms with Crippen LogP contribution in [-0.4, -0.2) is 35.3 Å². The molecule has 0 aliphatic carbocycles. The Labute approximate surface area is 149 Å². The molecule has 0 saturated heterocycles. The smallest absolute Gasteiger partial charge is 0.256 e. The van der Waals surface area contributed by atoms with E-state index in [9.17, 15) is 14.3 Å². The van der Waals surface area contributed by atoms with Crippen molar-refractivity contribution < 1.29 is 19.0 Å². The number of aromatic nitrogens is 1. The Morgan fingerprint density at radius 2 is 2.15 bits per heavy atom. The third kappa shape index (κ3) is 3.20. The number of nitrogens with two attached hydrogens (primary N) is 1. The Morgan fingerprint density at radius 1 is 1.38 bits per heavy atom. The topological polar surface area (TPSA) is 100 Å². The number of aromatic amines is 1. The van der Waals surface area contributed by atoms with Crippen molar-refractivity contribution >= 4 is 23.2 Å². The fourth-order valence-electron chi connectivity index (χ4n) is 2.60. The van der Waals surface area contributed by atoms with E-state index in [0.717, 1.165) is 0 Å². The number of benzene rings is 1. The zero-order chi connectivity index (χ0) is 18.8. The minimum Gasteiger partial charge on any atom is -0.495 e. The van der Waals surface area contributed by atoms with Gasteiger partial charge in [-0.15, -0.1) is 0 Å². The molecule has 6 nitrogen and oxygen atoms in total. The molecule has 1 aliphatic heterocycles. The third-order valence-electron chi connectivity index (χ3n) is 4.05. The normalized spacial score (nSPS) is 16.5. The summed E-state index contributed by atoms with van der Waals surface area (Å²) in [4.78, 5) is 15.4. The summed E-state index contributed by atoms with van der Waals surface area (Å²) in [6.07, 6.45) is 2.40. The van der Waals surface area contributed by atoms with E-state index in [2.05, 4.69) is 22.1 Å². The molecule has 134 valence electrons. The van der Waals surface area contributed by atoms with Gasteiger partial charge in [0, 0.05) is 11.8 Å². The number of amides is 1. The lowest BCUT2D eigenvalue weighted by atomic mass is 9.98. The SMILES string of the molecule is COc1cc[nH]c1C=C1C(=O)Nc2ccc(F)c(C#C[C@@H](N)[C@@H](C)O)c21. The molecule has 26 heavy (non-hydrogen) atoms. The van der Waals surface area contributed by atoms with Crippen LogP contribution in [0.1, 0.15) is 23.7 Å². The lowest BCUT2D eigenvalue weighted by Crippen LogP contribution is -2.30.